The molecule has 0 bridgehead atoms. The lowest BCUT2D eigenvalue weighted by Crippen LogP contribution is -2.48. The van der Waals surface area contributed by atoms with Gasteiger partial charge in [-0.3, -0.25) is 9.69 Å². The van der Waals surface area contributed by atoms with E-state index in [0.717, 1.165) is 23.1 Å². The average Bonchev–Trinajstić information content (AvgIpc) is 3.22. The Balaban J connectivity index is 1.33. The Labute approximate surface area is 178 Å². The van der Waals surface area contributed by atoms with E-state index in [2.05, 4.69) is 9.88 Å². The first-order valence-corrected chi connectivity index (χ1v) is 9.97. The number of benzene rings is 2. The number of amides is 1. The normalized spacial score (nSPS) is 14.7. The zero-order valence-corrected chi connectivity index (χ0v) is 17.2. The van der Waals surface area contributed by atoms with Gasteiger partial charge in [-0.05, 0) is 42.5 Å². The maximum atomic E-state index is 13.2. The number of halogens is 2. The molecule has 3 aromatic rings. The van der Waals surface area contributed by atoms with Crippen LogP contribution >= 0.6 is 11.6 Å². The summed E-state index contributed by atoms with van der Waals surface area (Å²) in [5.41, 5.74) is 2.04. The quantitative estimate of drug-likeness (QED) is 0.611. The number of piperazine rings is 1. The van der Waals surface area contributed by atoms with Gasteiger partial charge in [-0.1, -0.05) is 11.6 Å². The van der Waals surface area contributed by atoms with Gasteiger partial charge in [0.2, 0.25) is 5.89 Å². The molecule has 0 aliphatic carbocycles. The number of carbonyl (C=O) groups excluding carboxylic acids is 1. The molecule has 2 aromatic carbocycles. The standard InChI is InChI=1S/C22H21ClFN3O3/c1-29-18-5-2-15(3-6-18)21-25-17(14-30-21)13-26-8-10-27(11-9-26)22(28)19-7-4-16(24)12-20(19)23/h2-7,12,14H,8-11,13H2,1H3. The summed E-state index contributed by atoms with van der Waals surface area (Å²) < 4.78 is 24.0. The fourth-order valence-electron chi connectivity index (χ4n) is 3.42. The molecule has 1 amide bonds. The van der Waals surface area contributed by atoms with Crippen LogP contribution in [0.1, 0.15) is 16.1 Å². The van der Waals surface area contributed by atoms with Gasteiger partial charge < -0.3 is 14.1 Å². The number of hydrogen-bond donors (Lipinski definition) is 0. The van der Waals surface area contributed by atoms with Gasteiger partial charge in [0.15, 0.2) is 0 Å². The number of methoxy groups -OCH3 is 1. The third kappa shape index (κ3) is 4.47. The van der Waals surface area contributed by atoms with Gasteiger partial charge in [-0.2, -0.15) is 0 Å². The Kier molecular flexibility index (Phi) is 6.01. The van der Waals surface area contributed by atoms with Gasteiger partial charge in [-0.25, -0.2) is 9.37 Å². The van der Waals surface area contributed by atoms with Crippen LogP contribution in [0, 0.1) is 5.82 Å². The van der Waals surface area contributed by atoms with E-state index in [4.69, 9.17) is 20.8 Å². The molecule has 1 saturated heterocycles. The second-order valence-corrected chi connectivity index (χ2v) is 7.47. The zero-order valence-electron chi connectivity index (χ0n) is 16.5. The SMILES string of the molecule is COc1ccc(-c2nc(CN3CCN(C(=O)c4ccc(F)cc4Cl)CC3)co2)cc1. The van der Waals surface area contributed by atoms with Crippen LogP contribution in [0.5, 0.6) is 5.75 Å². The van der Waals surface area contributed by atoms with Crippen LogP contribution in [0.4, 0.5) is 4.39 Å². The Hall–Kier alpha value is -2.90. The molecule has 30 heavy (non-hydrogen) atoms. The lowest BCUT2D eigenvalue weighted by Gasteiger charge is -2.34. The molecule has 156 valence electrons. The van der Waals surface area contributed by atoms with Crippen molar-refractivity contribution >= 4 is 17.5 Å². The fourth-order valence-corrected chi connectivity index (χ4v) is 3.67. The third-order valence-electron chi connectivity index (χ3n) is 5.10. The van der Waals surface area contributed by atoms with Gasteiger partial charge in [0.25, 0.3) is 5.91 Å². The largest absolute Gasteiger partial charge is 0.497 e. The summed E-state index contributed by atoms with van der Waals surface area (Å²) in [4.78, 5) is 21.2. The summed E-state index contributed by atoms with van der Waals surface area (Å²) in [6.45, 7) is 3.18. The predicted octanol–water partition coefficient (Wildman–Crippen LogP) is 4.10. The van der Waals surface area contributed by atoms with Gasteiger partial charge in [0.05, 0.1) is 23.4 Å². The molecule has 0 unspecified atom stereocenters. The lowest BCUT2D eigenvalue weighted by atomic mass is 10.1. The lowest BCUT2D eigenvalue weighted by molar-refractivity contribution is 0.0627. The van der Waals surface area contributed by atoms with Crippen molar-refractivity contribution in [2.24, 2.45) is 0 Å². The fraction of sp³-hybridized carbons (Fsp3) is 0.273. The van der Waals surface area contributed by atoms with Crippen molar-refractivity contribution in [3.8, 4) is 17.2 Å². The number of nitrogens with zero attached hydrogens (tertiary/aromatic N) is 3. The molecule has 1 fully saturated rings. The maximum Gasteiger partial charge on any atom is 0.255 e. The predicted molar refractivity (Wildman–Crippen MR) is 111 cm³/mol. The number of hydrogen-bond acceptors (Lipinski definition) is 5. The molecule has 0 radical (unpaired) electrons. The van der Waals surface area contributed by atoms with Crippen LogP contribution in [0.2, 0.25) is 5.02 Å². The van der Waals surface area contributed by atoms with Gasteiger partial charge >= 0.3 is 0 Å². The number of ether oxygens (including phenoxy) is 1. The highest BCUT2D eigenvalue weighted by molar-refractivity contribution is 6.33. The molecular formula is C22H21ClFN3O3. The molecule has 8 heteroatoms. The summed E-state index contributed by atoms with van der Waals surface area (Å²) in [6, 6.07) is 11.4. The molecule has 0 N–H and O–H groups in total. The number of rotatable bonds is 5. The van der Waals surface area contributed by atoms with Crippen molar-refractivity contribution in [2.45, 2.75) is 6.54 Å². The Bertz CT molecular complexity index is 1030. The van der Waals surface area contributed by atoms with Crippen molar-refractivity contribution in [1.29, 1.82) is 0 Å². The minimum absolute atomic E-state index is 0.135. The molecule has 0 saturated carbocycles. The Morgan fingerprint density at radius 2 is 1.90 bits per heavy atom. The molecule has 2 heterocycles. The number of oxazole rings is 1. The smallest absolute Gasteiger partial charge is 0.255 e. The maximum absolute atomic E-state index is 13.2. The highest BCUT2D eigenvalue weighted by atomic mass is 35.5. The molecule has 0 atom stereocenters. The molecule has 0 spiro atoms. The number of aromatic nitrogens is 1. The summed E-state index contributed by atoms with van der Waals surface area (Å²) >= 11 is 6.03. The van der Waals surface area contributed by atoms with Crippen molar-refractivity contribution < 1.29 is 18.3 Å². The average molecular weight is 430 g/mol. The highest BCUT2D eigenvalue weighted by Crippen LogP contribution is 2.23. The van der Waals surface area contributed by atoms with Crippen LogP contribution in [0.25, 0.3) is 11.5 Å². The van der Waals surface area contributed by atoms with Crippen molar-refractivity contribution in [3.05, 3.63) is 70.8 Å². The van der Waals surface area contributed by atoms with Crippen LogP contribution < -0.4 is 4.74 Å². The summed E-state index contributed by atoms with van der Waals surface area (Å²) in [5.74, 6) is 0.707. The van der Waals surface area contributed by atoms with Crippen molar-refractivity contribution in [1.82, 2.24) is 14.8 Å². The van der Waals surface area contributed by atoms with Gasteiger partial charge in [0, 0.05) is 38.3 Å². The van der Waals surface area contributed by atoms with E-state index >= 15 is 0 Å². The molecule has 1 aliphatic rings. The van der Waals surface area contributed by atoms with E-state index in [1.165, 1.54) is 12.1 Å². The molecule has 1 aromatic heterocycles. The summed E-state index contributed by atoms with van der Waals surface area (Å²) in [7, 11) is 1.62. The molecule has 6 nitrogen and oxygen atoms in total. The van der Waals surface area contributed by atoms with E-state index in [9.17, 15) is 9.18 Å². The molecule has 1 aliphatic heterocycles. The Morgan fingerprint density at radius 3 is 2.57 bits per heavy atom. The van der Waals surface area contributed by atoms with Crippen LogP contribution in [0.15, 0.2) is 53.1 Å². The third-order valence-corrected chi connectivity index (χ3v) is 5.41. The van der Waals surface area contributed by atoms with Crippen molar-refractivity contribution in [3.63, 3.8) is 0 Å². The second kappa shape index (κ2) is 8.85. The second-order valence-electron chi connectivity index (χ2n) is 7.07. The first kappa shape index (κ1) is 20.4. The number of carbonyl (C=O) groups is 1. The summed E-state index contributed by atoms with van der Waals surface area (Å²) in [6.07, 6.45) is 1.66. The topological polar surface area (TPSA) is 58.8 Å². The van der Waals surface area contributed by atoms with E-state index in [-0.39, 0.29) is 10.9 Å². The van der Waals surface area contributed by atoms with Gasteiger partial charge in [0.1, 0.15) is 17.8 Å². The first-order chi connectivity index (χ1) is 14.5. The Morgan fingerprint density at radius 1 is 1.17 bits per heavy atom. The zero-order chi connectivity index (χ0) is 21.1. The molecular weight excluding hydrogens is 409 g/mol. The summed E-state index contributed by atoms with van der Waals surface area (Å²) in [5, 5.41) is 0.135. The van der Waals surface area contributed by atoms with Crippen LogP contribution in [0.3, 0.4) is 0 Å². The minimum atomic E-state index is -0.456. The van der Waals surface area contributed by atoms with Gasteiger partial charge in [-0.15, -0.1) is 0 Å². The molecule has 4 rings (SSSR count). The van der Waals surface area contributed by atoms with E-state index in [1.54, 1.807) is 18.3 Å². The van der Waals surface area contributed by atoms with E-state index in [1.807, 2.05) is 24.3 Å². The minimum Gasteiger partial charge on any atom is -0.497 e. The van der Waals surface area contributed by atoms with E-state index in [0.29, 0.717) is 44.2 Å². The van der Waals surface area contributed by atoms with Crippen molar-refractivity contribution in [2.75, 3.05) is 33.3 Å². The first-order valence-electron chi connectivity index (χ1n) is 9.59. The monoisotopic (exact) mass is 429 g/mol. The van der Waals surface area contributed by atoms with Crippen LogP contribution in [-0.2, 0) is 6.54 Å². The highest BCUT2D eigenvalue weighted by Gasteiger charge is 2.24. The van der Waals surface area contributed by atoms with Crippen LogP contribution in [-0.4, -0.2) is 54.0 Å². The van der Waals surface area contributed by atoms with E-state index < -0.39 is 5.82 Å².